The molecule has 0 radical (unpaired) electrons. The highest BCUT2D eigenvalue weighted by Gasteiger charge is 2.26. The molecule has 0 aromatic heterocycles. The Morgan fingerprint density at radius 2 is 1.92 bits per heavy atom. The third-order valence-corrected chi connectivity index (χ3v) is 4.81. The van der Waals surface area contributed by atoms with E-state index in [2.05, 4.69) is 21.6 Å². The first-order chi connectivity index (χ1) is 12.7. The number of likely N-dealkylation sites (tertiary alicyclic amines) is 1. The van der Waals surface area contributed by atoms with Gasteiger partial charge in [0.2, 0.25) is 0 Å². The molecule has 1 saturated heterocycles. The van der Waals surface area contributed by atoms with Gasteiger partial charge in [-0.1, -0.05) is 30.3 Å². The van der Waals surface area contributed by atoms with Gasteiger partial charge in [-0.05, 0) is 56.6 Å². The lowest BCUT2D eigenvalue weighted by molar-refractivity contribution is 0.224. The van der Waals surface area contributed by atoms with Crippen LogP contribution in [-0.4, -0.2) is 37.7 Å². The molecule has 1 heterocycles. The van der Waals surface area contributed by atoms with Crippen molar-refractivity contribution in [1.82, 2.24) is 10.2 Å². The number of benzene rings is 2. The van der Waals surface area contributed by atoms with Crippen molar-refractivity contribution in [2.24, 2.45) is 0 Å². The lowest BCUT2D eigenvalue weighted by atomic mass is 10.0. The van der Waals surface area contributed by atoms with Crippen molar-refractivity contribution in [3.8, 4) is 5.75 Å². The first-order valence-electron chi connectivity index (χ1n) is 9.16. The molecule has 2 aromatic rings. The van der Waals surface area contributed by atoms with Crippen LogP contribution >= 0.6 is 0 Å². The maximum Gasteiger partial charge on any atom is 0.319 e. The van der Waals surface area contributed by atoms with E-state index in [-0.39, 0.29) is 12.1 Å². The highest BCUT2D eigenvalue weighted by atomic mass is 16.5. The summed E-state index contributed by atoms with van der Waals surface area (Å²) in [5, 5.41) is 5.94. The number of rotatable bonds is 6. The van der Waals surface area contributed by atoms with Crippen molar-refractivity contribution >= 4 is 11.7 Å². The molecule has 0 spiro atoms. The predicted molar refractivity (Wildman–Crippen MR) is 105 cm³/mol. The maximum absolute atomic E-state index is 12.4. The molecule has 5 nitrogen and oxygen atoms in total. The molecule has 1 fully saturated rings. The summed E-state index contributed by atoms with van der Waals surface area (Å²) in [6.45, 7) is 4.64. The second-order valence-electron chi connectivity index (χ2n) is 6.71. The number of carbonyl (C=O) groups excluding carboxylic acids is 1. The Morgan fingerprint density at radius 3 is 2.65 bits per heavy atom. The number of methoxy groups -OCH3 is 1. The van der Waals surface area contributed by atoms with Gasteiger partial charge in [0.15, 0.2) is 0 Å². The van der Waals surface area contributed by atoms with E-state index in [1.165, 1.54) is 12.8 Å². The summed E-state index contributed by atoms with van der Waals surface area (Å²) in [7, 11) is 1.69. The van der Waals surface area contributed by atoms with Crippen LogP contribution in [0, 0.1) is 6.92 Å². The van der Waals surface area contributed by atoms with Crippen LogP contribution in [0.3, 0.4) is 0 Å². The van der Waals surface area contributed by atoms with Gasteiger partial charge in [0.05, 0.1) is 13.2 Å². The minimum Gasteiger partial charge on any atom is -0.496 e. The number of nitrogens with one attached hydrogen (secondary N) is 2. The van der Waals surface area contributed by atoms with Gasteiger partial charge >= 0.3 is 6.03 Å². The summed E-state index contributed by atoms with van der Waals surface area (Å²) in [5.41, 5.74) is 3.04. The Kier molecular flexibility index (Phi) is 6.12. The zero-order valence-corrected chi connectivity index (χ0v) is 15.5. The summed E-state index contributed by atoms with van der Waals surface area (Å²) in [4.78, 5) is 14.8. The standard InChI is InChI=1S/C21H27N3O2/c1-16-8-7-9-17(14-16)23-21(25)22-15-19(24-12-5-6-13-24)18-10-3-4-11-20(18)26-2/h3-4,7-11,14,19H,5-6,12-13,15H2,1-2H3,(H2,22,23,25). The first kappa shape index (κ1) is 18.3. The maximum atomic E-state index is 12.4. The Labute approximate surface area is 155 Å². The fourth-order valence-corrected chi connectivity index (χ4v) is 3.52. The fourth-order valence-electron chi connectivity index (χ4n) is 3.52. The molecule has 1 aliphatic heterocycles. The Bertz CT molecular complexity index is 742. The minimum absolute atomic E-state index is 0.108. The molecule has 138 valence electrons. The van der Waals surface area contributed by atoms with Gasteiger partial charge in [-0.15, -0.1) is 0 Å². The van der Waals surface area contributed by atoms with E-state index in [0.29, 0.717) is 6.54 Å². The van der Waals surface area contributed by atoms with Crippen molar-refractivity contribution in [3.63, 3.8) is 0 Å². The van der Waals surface area contributed by atoms with Crippen LogP contribution in [-0.2, 0) is 0 Å². The predicted octanol–water partition coefficient (Wildman–Crippen LogP) is 3.96. The quantitative estimate of drug-likeness (QED) is 0.826. The lowest BCUT2D eigenvalue weighted by Gasteiger charge is -2.29. The molecule has 2 aromatic carbocycles. The summed E-state index contributed by atoms with van der Waals surface area (Å²) in [6, 6.07) is 15.8. The van der Waals surface area contributed by atoms with Gasteiger partial charge in [-0.25, -0.2) is 4.79 Å². The average Bonchev–Trinajstić information content (AvgIpc) is 3.17. The Hall–Kier alpha value is -2.53. The fraction of sp³-hybridized carbons (Fsp3) is 0.381. The van der Waals surface area contributed by atoms with Crippen LogP contribution in [0.2, 0.25) is 0 Å². The van der Waals surface area contributed by atoms with Crippen molar-refractivity contribution in [2.45, 2.75) is 25.8 Å². The molecule has 26 heavy (non-hydrogen) atoms. The molecule has 1 atom stereocenters. The molecule has 1 unspecified atom stereocenters. The number of ether oxygens (including phenoxy) is 1. The molecule has 2 N–H and O–H groups in total. The lowest BCUT2D eigenvalue weighted by Crippen LogP contribution is -2.38. The number of amides is 2. The van der Waals surface area contributed by atoms with Crippen LogP contribution in [0.15, 0.2) is 48.5 Å². The van der Waals surface area contributed by atoms with Gasteiger partial charge in [-0.2, -0.15) is 0 Å². The van der Waals surface area contributed by atoms with Crippen LogP contribution in [0.5, 0.6) is 5.75 Å². The van der Waals surface area contributed by atoms with Crippen molar-refractivity contribution in [2.75, 3.05) is 32.1 Å². The van der Waals surface area contributed by atoms with Gasteiger partial charge in [-0.3, -0.25) is 4.90 Å². The van der Waals surface area contributed by atoms with Crippen LogP contribution < -0.4 is 15.4 Å². The largest absolute Gasteiger partial charge is 0.496 e. The average molecular weight is 353 g/mol. The molecule has 0 aliphatic carbocycles. The van der Waals surface area contributed by atoms with E-state index in [9.17, 15) is 4.79 Å². The number of carbonyl (C=O) groups is 1. The normalized spacial score (nSPS) is 15.5. The monoisotopic (exact) mass is 353 g/mol. The van der Waals surface area contributed by atoms with E-state index < -0.39 is 0 Å². The number of nitrogens with zero attached hydrogens (tertiary/aromatic N) is 1. The third-order valence-electron chi connectivity index (χ3n) is 4.81. The van der Waals surface area contributed by atoms with E-state index in [1.54, 1.807) is 7.11 Å². The molecular weight excluding hydrogens is 326 g/mol. The van der Waals surface area contributed by atoms with Gasteiger partial charge in [0.25, 0.3) is 0 Å². The number of para-hydroxylation sites is 1. The van der Waals surface area contributed by atoms with E-state index >= 15 is 0 Å². The summed E-state index contributed by atoms with van der Waals surface area (Å²) in [6.07, 6.45) is 2.39. The number of urea groups is 1. The third kappa shape index (κ3) is 4.55. The number of anilines is 1. The SMILES string of the molecule is COc1ccccc1C(CNC(=O)Nc1cccc(C)c1)N1CCCC1. The van der Waals surface area contributed by atoms with Gasteiger partial charge < -0.3 is 15.4 Å². The van der Waals surface area contributed by atoms with Crippen LogP contribution in [0.4, 0.5) is 10.5 Å². The number of hydrogen-bond donors (Lipinski definition) is 2. The summed E-state index contributed by atoms with van der Waals surface area (Å²) >= 11 is 0. The second kappa shape index (κ2) is 8.72. The summed E-state index contributed by atoms with van der Waals surface area (Å²) < 4.78 is 5.55. The number of aryl methyl sites for hydroxylation is 1. The molecular formula is C21H27N3O2. The topological polar surface area (TPSA) is 53.6 Å². The minimum atomic E-state index is -0.185. The zero-order chi connectivity index (χ0) is 18.4. The molecule has 3 rings (SSSR count). The number of hydrogen-bond acceptors (Lipinski definition) is 3. The van der Waals surface area contributed by atoms with Crippen molar-refractivity contribution in [3.05, 3.63) is 59.7 Å². The molecule has 0 bridgehead atoms. The Morgan fingerprint density at radius 1 is 1.15 bits per heavy atom. The molecule has 1 aliphatic rings. The highest BCUT2D eigenvalue weighted by molar-refractivity contribution is 5.89. The van der Waals surface area contributed by atoms with E-state index in [1.807, 2.05) is 49.4 Å². The van der Waals surface area contributed by atoms with Crippen LogP contribution in [0.1, 0.15) is 30.0 Å². The Balaban J connectivity index is 1.69. The first-order valence-corrected chi connectivity index (χ1v) is 9.16. The van der Waals surface area contributed by atoms with Crippen molar-refractivity contribution < 1.29 is 9.53 Å². The second-order valence-corrected chi connectivity index (χ2v) is 6.71. The summed E-state index contributed by atoms with van der Waals surface area (Å²) in [5.74, 6) is 0.866. The zero-order valence-electron chi connectivity index (χ0n) is 15.5. The van der Waals surface area contributed by atoms with Crippen molar-refractivity contribution in [1.29, 1.82) is 0 Å². The smallest absolute Gasteiger partial charge is 0.319 e. The molecule has 2 amide bonds. The van der Waals surface area contributed by atoms with Gasteiger partial charge in [0, 0.05) is 17.8 Å². The van der Waals surface area contributed by atoms with E-state index in [0.717, 1.165) is 35.7 Å². The van der Waals surface area contributed by atoms with Crippen LogP contribution in [0.25, 0.3) is 0 Å². The highest BCUT2D eigenvalue weighted by Crippen LogP contribution is 2.31. The molecule has 5 heteroatoms. The van der Waals surface area contributed by atoms with E-state index in [4.69, 9.17) is 4.74 Å². The van der Waals surface area contributed by atoms with Gasteiger partial charge in [0.1, 0.15) is 5.75 Å². The molecule has 0 saturated carbocycles.